The van der Waals surface area contributed by atoms with Gasteiger partial charge in [0.2, 0.25) is 5.91 Å². The van der Waals surface area contributed by atoms with Crippen LogP contribution in [0.25, 0.3) is 0 Å². The summed E-state index contributed by atoms with van der Waals surface area (Å²) in [5, 5.41) is 2.59. The predicted molar refractivity (Wildman–Crippen MR) is 53.7 cm³/mol. The normalized spacial score (nSPS) is 10.1. The fourth-order valence-electron chi connectivity index (χ4n) is 1.13. The number of halogens is 2. The molecule has 1 aromatic carbocycles. The molecule has 1 aromatic rings. The molecule has 0 aliphatic rings. The van der Waals surface area contributed by atoms with Gasteiger partial charge in [0.1, 0.15) is 17.3 Å². The molecule has 0 fully saturated rings. The molecule has 0 aromatic heterocycles. The first-order valence-corrected chi connectivity index (χ1v) is 4.59. The van der Waals surface area contributed by atoms with Gasteiger partial charge in [0, 0.05) is 12.1 Å². The van der Waals surface area contributed by atoms with Gasteiger partial charge in [0.05, 0.1) is 0 Å². The Morgan fingerprint density at radius 3 is 2.33 bits per heavy atom. The molecule has 0 aliphatic heterocycles. The van der Waals surface area contributed by atoms with E-state index in [0.717, 1.165) is 18.6 Å². The second kappa shape index (κ2) is 4.72. The summed E-state index contributed by atoms with van der Waals surface area (Å²) >= 11 is 0. The van der Waals surface area contributed by atoms with E-state index in [1.165, 1.54) is 0 Å². The number of primary amides is 1. The number of nitrogens with one attached hydrogen (secondary N) is 1. The molecule has 0 spiro atoms. The van der Waals surface area contributed by atoms with Crippen molar-refractivity contribution in [2.75, 3.05) is 11.9 Å². The van der Waals surface area contributed by atoms with Crippen LogP contribution >= 0.6 is 0 Å². The molecule has 1 rings (SSSR count). The lowest BCUT2D eigenvalue weighted by Gasteiger charge is -2.08. The van der Waals surface area contributed by atoms with Gasteiger partial charge in [0.25, 0.3) is 0 Å². The van der Waals surface area contributed by atoms with Crippen molar-refractivity contribution in [2.24, 2.45) is 5.73 Å². The van der Waals surface area contributed by atoms with Crippen molar-refractivity contribution in [1.29, 1.82) is 0 Å². The van der Waals surface area contributed by atoms with E-state index in [-0.39, 0.29) is 11.3 Å². The van der Waals surface area contributed by atoms with Gasteiger partial charge < -0.3 is 11.1 Å². The Kier molecular flexibility index (Phi) is 3.60. The van der Waals surface area contributed by atoms with E-state index < -0.39 is 17.5 Å². The van der Waals surface area contributed by atoms with E-state index in [9.17, 15) is 13.6 Å². The van der Waals surface area contributed by atoms with E-state index in [2.05, 4.69) is 5.32 Å². The second-order valence-corrected chi connectivity index (χ2v) is 3.11. The highest BCUT2D eigenvalue weighted by atomic mass is 19.1. The zero-order chi connectivity index (χ0) is 11.4. The van der Waals surface area contributed by atoms with E-state index in [1.54, 1.807) is 0 Å². The molecule has 0 unspecified atom stereocenters. The Bertz CT molecular complexity index is 357. The minimum atomic E-state index is -0.852. The van der Waals surface area contributed by atoms with Crippen molar-refractivity contribution in [3.05, 3.63) is 29.3 Å². The molecule has 0 saturated heterocycles. The molecule has 0 bridgehead atoms. The van der Waals surface area contributed by atoms with Crippen molar-refractivity contribution in [3.8, 4) is 0 Å². The lowest BCUT2D eigenvalue weighted by Crippen LogP contribution is -2.13. The van der Waals surface area contributed by atoms with Crippen LogP contribution in [0.2, 0.25) is 0 Å². The van der Waals surface area contributed by atoms with Crippen molar-refractivity contribution in [2.45, 2.75) is 13.3 Å². The standard InChI is InChI=1S/C10H12F2N2O/c1-2-3-14-9-7(11)4-6(10(13)15)5-8(9)12/h4-5,14H,2-3H2,1H3,(H2,13,15). The molecule has 3 N–H and O–H groups in total. The maximum absolute atomic E-state index is 13.3. The SMILES string of the molecule is CCCNc1c(F)cc(C(N)=O)cc1F. The molecule has 0 heterocycles. The highest BCUT2D eigenvalue weighted by molar-refractivity contribution is 5.93. The molecule has 0 radical (unpaired) electrons. The van der Waals surface area contributed by atoms with Crippen LogP contribution < -0.4 is 11.1 Å². The number of carbonyl (C=O) groups is 1. The summed E-state index contributed by atoms with van der Waals surface area (Å²) in [4.78, 5) is 10.7. The molecule has 0 atom stereocenters. The number of hydrogen-bond donors (Lipinski definition) is 2. The molecule has 0 aliphatic carbocycles. The summed E-state index contributed by atoms with van der Waals surface area (Å²) in [5.41, 5.74) is 4.51. The Balaban J connectivity index is 3.04. The Morgan fingerprint density at radius 1 is 1.40 bits per heavy atom. The van der Waals surface area contributed by atoms with Crippen molar-refractivity contribution in [1.82, 2.24) is 0 Å². The summed E-state index contributed by atoms with van der Waals surface area (Å²) in [5.74, 6) is -2.47. The lowest BCUT2D eigenvalue weighted by molar-refractivity contribution is 0.0999. The first kappa shape index (κ1) is 11.4. The van der Waals surface area contributed by atoms with Gasteiger partial charge in [-0.25, -0.2) is 8.78 Å². The summed E-state index contributed by atoms with van der Waals surface area (Å²) < 4.78 is 26.6. The van der Waals surface area contributed by atoms with E-state index in [4.69, 9.17) is 5.73 Å². The minimum absolute atomic E-state index is 0.174. The Morgan fingerprint density at radius 2 is 1.93 bits per heavy atom. The largest absolute Gasteiger partial charge is 0.380 e. The van der Waals surface area contributed by atoms with Gasteiger partial charge in [-0.2, -0.15) is 0 Å². The van der Waals surface area contributed by atoms with Crippen LogP contribution in [-0.4, -0.2) is 12.5 Å². The van der Waals surface area contributed by atoms with Crippen LogP contribution in [0.1, 0.15) is 23.7 Å². The third kappa shape index (κ3) is 2.65. The third-order valence-electron chi connectivity index (χ3n) is 1.88. The molecule has 82 valence electrons. The highest BCUT2D eigenvalue weighted by Crippen LogP contribution is 2.20. The number of nitrogens with two attached hydrogens (primary N) is 1. The average molecular weight is 214 g/mol. The summed E-state index contributed by atoms with van der Waals surface area (Å²) in [6, 6.07) is 1.84. The minimum Gasteiger partial charge on any atom is -0.380 e. The number of anilines is 1. The number of amides is 1. The van der Waals surface area contributed by atoms with Crippen LogP contribution in [0.4, 0.5) is 14.5 Å². The van der Waals surface area contributed by atoms with Crippen LogP contribution in [-0.2, 0) is 0 Å². The molecule has 1 amide bonds. The van der Waals surface area contributed by atoms with Gasteiger partial charge in [-0.05, 0) is 18.6 Å². The smallest absolute Gasteiger partial charge is 0.248 e. The van der Waals surface area contributed by atoms with E-state index in [0.29, 0.717) is 6.54 Å². The fourth-order valence-corrected chi connectivity index (χ4v) is 1.13. The molecular weight excluding hydrogens is 202 g/mol. The molecule has 5 heteroatoms. The average Bonchev–Trinajstić information content (AvgIpc) is 2.16. The Labute approximate surface area is 86.3 Å². The lowest BCUT2D eigenvalue weighted by atomic mass is 10.1. The predicted octanol–water partition coefficient (Wildman–Crippen LogP) is 1.89. The summed E-state index contributed by atoms with van der Waals surface area (Å²) in [6.07, 6.45) is 0.746. The van der Waals surface area contributed by atoms with Crippen LogP contribution in [0.3, 0.4) is 0 Å². The topological polar surface area (TPSA) is 55.1 Å². The van der Waals surface area contributed by atoms with Crippen LogP contribution in [0.15, 0.2) is 12.1 Å². The monoisotopic (exact) mass is 214 g/mol. The number of carbonyl (C=O) groups excluding carboxylic acids is 1. The quantitative estimate of drug-likeness (QED) is 0.804. The molecular formula is C10H12F2N2O. The first-order chi connectivity index (χ1) is 7.06. The third-order valence-corrected chi connectivity index (χ3v) is 1.88. The molecule has 3 nitrogen and oxygen atoms in total. The maximum Gasteiger partial charge on any atom is 0.248 e. The van der Waals surface area contributed by atoms with Crippen LogP contribution in [0.5, 0.6) is 0 Å². The Hall–Kier alpha value is -1.65. The second-order valence-electron chi connectivity index (χ2n) is 3.11. The van der Waals surface area contributed by atoms with Crippen molar-refractivity contribution >= 4 is 11.6 Å². The van der Waals surface area contributed by atoms with Gasteiger partial charge in [-0.3, -0.25) is 4.79 Å². The van der Waals surface area contributed by atoms with Gasteiger partial charge >= 0.3 is 0 Å². The summed E-state index contributed by atoms with van der Waals surface area (Å²) in [7, 11) is 0. The van der Waals surface area contributed by atoms with E-state index in [1.807, 2.05) is 6.92 Å². The fraction of sp³-hybridized carbons (Fsp3) is 0.300. The molecule has 15 heavy (non-hydrogen) atoms. The number of benzene rings is 1. The van der Waals surface area contributed by atoms with Crippen molar-refractivity contribution < 1.29 is 13.6 Å². The van der Waals surface area contributed by atoms with Gasteiger partial charge in [-0.15, -0.1) is 0 Å². The summed E-state index contributed by atoms with van der Waals surface area (Å²) in [6.45, 7) is 2.34. The molecule has 0 saturated carbocycles. The zero-order valence-corrected chi connectivity index (χ0v) is 8.31. The van der Waals surface area contributed by atoms with Gasteiger partial charge in [-0.1, -0.05) is 6.92 Å². The zero-order valence-electron chi connectivity index (χ0n) is 8.31. The first-order valence-electron chi connectivity index (χ1n) is 4.59. The number of hydrogen-bond acceptors (Lipinski definition) is 2. The van der Waals surface area contributed by atoms with E-state index >= 15 is 0 Å². The van der Waals surface area contributed by atoms with Gasteiger partial charge in [0.15, 0.2) is 0 Å². The number of rotatable bonds is 4. The highest BCUT2D eigenvalue weighted by Gasteiger charge is 2.12. The van der Waals surface area contributed by atoms with Crippen molar-refractivity contribution in [3.63, 3.8) is 0 Å². The van der Waals surface area contributed by atoms with Crippen LogP contribution in [0, 0.1) is 11.6 Å². The maximum atomic E-state index is 13.3.